The van der Waals surface area contributed by atoms with Crippen molar-refractivity contribution in [3.05, 3.63) is 111 Å². The molecule has 0 N–H and O–H groups in total. The zero-order valence-corrected chi connectivity index (χ0v) is 24.0. The molecule has 10 heteroatoms. The molecule has 6 aromatic rings. The Hall–Kier alpha value is -4.96. The maximum absolute atomic E-state index is 13.5. The van der Waals surface area contributed by atoms with E-state index in [4.69, 9.17) is 19.3 Å². The summed E-state index contributed by atoms with van der Waals surface area (Å²) in [7, 11) is 0. The van der Waals surface area contributed by atoms with Gasteiger partial charge in [0.05, 0.1) is 16.3 Å². The summed E-state index contributed by atoms with van der Waals surface area (Å²) in [5, 5.41) is 9.42. The lowest BCUT2D eigenvalue weighted by Crippen LogP contribution is -2.26. The van der Waals surface area contributed by atoms with Crippen molar-refractivity contribution in [2.45, 2.75) is 33.0 Å². The van der Waals surface area contributed by atoms with Crippen molar-refractivity contribution in [3.63, 3.8) is 0 Å². The molecule has 0 amide bonds. The normalized spacial score (nSPS) is 15.0. The van der Waals surface area contributed by atoms with Crippen molar-refractivity contribution >= 4 is 22.4 Å². The first kappa shape index (κ1) is 26.0. The molecule has 3 aromatic carbocycles. The number of aryl methyl sites for hydroxylation is 1. The van der Waals surface area contributed by atoms with Crippen molar-refractivity contribution < 1.29 is 14.2 Å². The summed E-state index contributed by atoms with van der Waals surface area (Å²) < 4.78 is 21.5. The Balaban J connectivity index is 1.28. The standard InChI is InChI=1S/C32H27N5O4S/c1-19(2)40-24-14-13-21(15-20(24)3)29-22(17-36(34-29)23-9-5-4-6-10-23)16-28-31(38)37-32(42-28)33-30(35-37)27-18-39-25-11-7-8-12-26(25)41-27/h4-17,19,27H,18H2,1-3H3. The van der Waals surface area contributed by atoms with Gasteiger partial charge < -0.3 is 14.2 Å². The van der Waals surface area contributed by atoms with Gasteiger partial charge in [-0.2, -0.15) is 14.6 Å². The highest BCUT2D eigenvalue weighted by molar-refractivity contribution is 7.15. The Bertz CT molecular complexity index is 2030. The number of benzene rings is 3. The largest absolute Gasteiger partial charge is 0.491 e. The van der Waals surface area contributed by atoms with Gasteiger partial charge in [-0.3, -0.25) is 4.79 Å². The van der Waals surface area contributed by atoms with Gasteiger partial charge in [0, 0.05) is 17.3 Å². The Labute approximate surface area is 245 Å². The van der Waals surface area contributed by atoms with Crippen LogP contribution in [-0.4, -0.2) is 37.1 Å². The van der Waals surface area contributed by atoms with E-state index in [1.807, 2.05) is 104 Å². The van der Waals surface area contributed by atoms with Gasteiger partial charge in [0.1, 0.15) is 18.1 Å². The predicted octanol–water partition coefficient (Wildman–Crippen LogP) is 5.16. The van der Waals surface area contributed by atoms with Crippen LogP contribution in [0.2, 0.25) is 0 Å². The molecule has 1 atom stereocenters. The highest BCUT2D eigenvalue weighted by Crippen LogP contribution is 2.35. The van der Waals surface area contributed by atoms with E-state index in [-0.39, 0.29) is 18.3 Å². The van der Waals surface area contributed by atoms with E-state index in [0.29, 0.717) is 26.8 Å². The maximum Gasteiger partial charge on any atom is 0.291 e. The third kappa shape index (κ3) is 4.79. The number of fused-ring (bicyclic) bond motifs is 2. The van der Waals surface area contributed by atoms with Crippen molar-refractivity contribution in [1.82, 2.24) is 24.4 Å². The van der Waals surface area contributed by atoms with E-state index in [0.717, 1.165) is 33.8 Å². The van der Waals surface area contributed by atoms with Gasteiger partial charge in [0.15, 0.2) is 23.4 Å². The molecule has 0 saturated heterocycles. The third-order valence-corrected chi connectivity index (χ3v) is 7.81. The first-order chi connectivity index (χ1) is 20.4. The maximum atomic E-state index is 13.5. The number of hydrogen-bond donors (Lipinski definition) is 0. The molecule has 9 nitrogen and oxygen atoms in total. The fraction of sp³-hybridized carbons (Fsp3) is 0.188. The van der Waals surface area contributed by atoms with E-state index in [2.05, 4.69) is 16.1 Å². The molecular formula is C32H27N5O4S. The van der Waals surface area contributed by atoms with Crippen LogP contribution in [0.3, 0.4) is 0 Å². The Morgan fingerprint density at radius 2 is 1.81 bits per heavy atom. The molecule has 3 aromatic heterocycles. The first-order valence-corrected chi connectivity index (χ1v) is 14.5. The van der Waals surface area contributed by atoms with Gasteiger partial charge in [0.25, 0.3) is 5.56 Å². The molecule has 0 saturated carbocycles. The summed E-state index contributed by atoms with van der Waals surface area (Å²) in [5.41, 5.74) is 4.16. The third-order valence-electron chi connectivity index (χ3n) is 6.86. The summed E-state index contributed by atoms with van der Waals surface area (Å²) in [5.74, 6) is 2.56. The van der Waals surface area contributed by atoms with Crippen LogP contribution in [0.15, 0.2) is 83.8 Å². The Morgan fingerprint density at radius 1 is 1.02 bits per heavy atom. The topological polar surface area (TPSA) is 92.8 Å². The molecule has 0 aliphatic carbocycles. The van der Waals surface area contributed by atoms with Gasteiger partial charge in [0.2, 0.25) is 4.96 Å². The van der Waals surface area contributed by atoms with E-state index in [1.54, 1.807) is 0 Å². The molecule has 0 fully saturated rings. The quantitative estimate of drug-likeness (QED) is 0.270. The average Bonchev–Trinajstić information content (AvgIpc) is 3.69. The van der Waals surface area contributed by atoms with Crippen LogP contribution < -0.4 is 24.3 Å². The first-order valence-electron chi connectivity index (χ1n) is 13.7. The van der Waals surface area contributed by atoms with E-state index in [1.165, 1.54) is 15.9 Å². The second-order valence-electron chi connectivity index (χ2n) is 10.3. The predicted molar refractivity (Wildman–Crippen MR) is 161 cm³/mol. The summed E-state index contributed by atoms with van der Waals surface area (Å²) in [6.45, 7) is 6.30. The summed E-state index contributed by atoms with van der Waals surface area (Å²) in [4.78, 5) is 18.6. The molecule has 4 heterocycles. The van der Waals surface area contributed by atoms with Gasteiger partial charge in [-0.05, 0) is 74.9 Å². The van der Waals surface area contributed by atoms with E-state index in [9.17, 15) is 4.79 Å². The molecule has 42 heavy (non-hydrogen) atoms. The van der Waals surface area contributed by atoms with Crippen molar-refractivity contribution in [2.24, 2.45) is 0 Å². The molecule has 210 valence electrons. The van der Waals surface area contributed by atoms with Crippen LogP contribution in [0.4, 0.5) is 0 Å². The van der Waals surface area contributed by atoms with Gasteiger partial charge >= 0.3 is 0 Å². The number of aromatic nitrogens is 5. The number of hydrogen-bond acceptors (Lipinski definition) is 8. The molecule has 0 spiro atoms. The fourth-order valence-electron chi connectivity index (χ4n) is 4.89. The zero-order chi connectivity index (χ0) is 28.8. The Kier molecular flexibility index (Phi) is 6.47. The lowest BCUT2D eigenvalue weighted by atomic mass is 10.0. The van der Waals surface area contributed by atoms with Crippen molar-refractivity contribution in [2.75, 3.05) is 6.61 Å². The SMILES string of the molecule is Cc1cc(-c2nn(-c3ccccc3)cc2C=c2sc3nc(C4COc5ccccc5O4)nn3c2=O)ccc1OC(C)C. The second-order valence-corrected chi connectivity index (χ2v) is 11.3. The molecule has 7 rings (SSSR count). The van der Waals surface area contributed by atoms with Crippen LogP contribution >= 0.6 is 11.3 Å². The minimum absolute atomic E-state index is 0.0751. The smallest absolute Gasteiger partial charge is 0.291 e. The van der Waals surface area contributed by atoms with Gasteiger partial charge in [-0.15, -0.1) is 5.10 Å². The summed E-state index contributed by atoms with van der Waals surface area (Å²) in [6.07, 6.45) is 3.37. The Morgan fingerprint density at radius 3 is 2.57 bits per heavy atom. The van der Waals surface area contributed by atoms with Crippen LogP contribution in [-0.2, 0) is 0 Å². The van der Waals surface area contributed by atoms with Gasteiger partial charge in [-0.25, -0.2) is 4.68 Å². The van der Waals surface area contributed by atoms with E-state index >= 15 is 0 Å². The van der Waals surface area contributed by atoms with Crippen LogP contribution in [0, 0.1) is 6.92 Å². The van der Waals surface area contributed by atoms with Crippen LogP contribution in [0.1, 0.15) is 36.9 Å². The average molecular weight is 578 g/mol. The molecular weight excluding hydrogens is 550 g/mol. The molecule has 1 unspecified atom stereocenters. The highest BCUT2D eigenvalue weighted by atomic mass is 32.1. The van der Waals surface area contributed by atoms with Crippen LogP contribution in [0.5, 0.6) is 17.2 Å². The van der Waals surface area contributed by atoms with Gasteiger partial charge in [-0.1, -0.05) is 41.7 Å². The lowest BCUT2D eigenvalue weighted by Gasteiger charge is -2.24. The minimum atomic E-state index is -0.500. The number of nitrogens with zero attached hydrogens (tertiary/aromatic N) is 5. The highest BCUT2D eigenvalue weighted by Gasteiger charge is 2.27. The molecule has 0 bridgehead atoms. The van der Waals surface area contributed by atoms with Crippen molar-refractivity contribution in [3.8, 4) is 34.2 Å². The molecule has 1 aliphatic rings. The monoisotopic (exact) mass is 577 g/mol. The zero-order valence-electron chi connectivity index (χ0n) is 23.2. The number of rotatable bonds is 6. The number of para-hydroxylation sites is 3. The summed E-state index contributed by atoms with van der Waals surface area (Å²) >= 11 is 1.28. The van der Waals surface area contributed by atoms with Crippen molar-refractivity contribution in [1.29, 1.82) is 0 Å². The minimum Gasteiger partial charge on any atom is -0.491 e. The molecule has 0 radical (unpaired) electrons. The fourth-order valence-corrected chi connectivity index (χ4v) is 5.79. The number of thiazole rings is 1. The number of ether oxygens (including phenoxy) is 3. The summed E-state index contributed by atoms with van der Waals surface area (Å²) in [6, 6.07) is 23.4. The second kappa shape index (κ2) is 10.5. The molecule has 1 aliphatic heterocycles. The van der Waals surface area contributed by atoms with Crippen LogP contribution in [0.25, 0.3) is 28.0 Å². The van der Waals surface area contributed by atoms with E-state index < -0.39 is 6.10 Å². The lowest BCUT2D eigenvalue weighted by molar-refractivity contribution is 0.0852.